The van der Waals surface area contributed by atoms with E-state index in [-0.39, 0.29) is 17.4 Å². The van der Waals surface area contributed by atoms with E-state index in [1.165, 1.54) is 47.7 Å². The third-order valence-corrected chi connectivity index (χ3v) is 7.94. The standard InChI is InChI=1S/C24H24N2O5S2/c1-2-31-24(28)21-19-10-6-7-11-20(19)32-23(21)25-22(27)16-12-14-17(15-13-16)26-33(29,30)18-8-4-3-5-9-18/h3-5,8-9,12-15,26H,2,6-7,10-11H2,1H3,(H,25,27). The van der Waals surface area contributed by atoms with Gasteiger partial charge in [-0.1, -0.05) is 18.2 Å². The van der Waals surface area contributed by atoms with Crippen LogP contribution >= 0.6 is 11.3 Å². The van der Waals surface area contributed by atoms with Gasteiger partial charge in [0.2, 0.25) is 0 Å². The molecule has 0 fully saturated rings. The molecule has 172 valence electrons. The molecule has 2 aromatic carbocycles. The van der Waals surface area contributed by atoms with Crippen molar-refractivity contribution in [1.82, 2.24) is 0 Å². The summed E-state index contributed by atoms with van der Waals surface area (Å²) in [4.78, 5) is 26.7. The summed E-state index contributed by atoms with van der Waals surface area (Å²) in [7, 11) is -3.72. The topological polar surface area (TPSA) is 102 Å². The number of hydrogen-bond acceptors (Lipinski definition) is 6. The molecule has 0 atom stereocenters. The minimum atomic E-state index is -3.72. The molecule has 1 aliphatic carbocycles. The molecule has 0 saturated heterocycles. The van der Waals surface area contributed by atoms with Crippen LogP contribution in [0.5, 0.6) is 0 Å². The van der Waals surface area contributed by atoms with Crippen molar-refractivity contribution in [3.63, 3.8) is 0 Å². The highest BCUT2D eigenvalue weighted by molar-refractivity contribution is 7.92. The zero-order valence-corrected chi connectivity index (χ0v) is 19.7. The molecule has 4 rings (SSSR count). The van der Waals surface area contributed by atoms with E-state index in [9.17, 15) is 18.0 Å². The summed E-state index contributed by atoms with van der Waals surface area (Å²) in [5.74, 6) is -0.797. The van der Waals surface area contributed by atoms with Crippen molar-refractivity contribution in [3.8, 4) is 0 Å². The molecule has 0 aliphatic heterocycles. The molecule has 1 aromatic heterocycles. The van der Waals surface area contributed by atoms with E-state index >= 15 is 0 Å². The van der Waals surface area contributed by atoms with E-state index in [2.05, 4.69) is 10.0 Å². The summed E-state index contributed by atoms with van der Waals surface area (Å²) < 4.78 is 32.7. The molecule has 9 heteroatoms. The van der Waals surface area contributed by atoms with Gasteiger partial charge in [0.1, 0.15) is 5.00 Å². The molecule has 1 amide bonds. The number of rotatable bonds is 7. The van der Waals surface area contributed by atoms with Crippen LogP contribution in [0, 0.1) is 0 Å². The number of hydrogen-bond donors (Lipinski definition) is 2. The van der Waals surface area contributed by atoms with E-state index < -0.39 is 16.0 Å². The number of benzene rings is 2. The van der Waals surface area contributed by atoms with E-state index in [1.807, 2.05) is 0 Å². The molecule has 33 heavy (non-hydrogen) atoms. The van der Waals surface area contributed by atoms with Gasteiger partial charge in [0.15, 0.2) is 0 Å². The van der Waals surface area contributed by atoms with Gasteiger partial charge in [0.25, 0.3) is 15.9 Å². The Labute approximate surface area is 196 Å². The fourth-order valence-corrected chi connectivity index (χ4v) is 6.10. The van der Waals surface area contributed by atoms with Gasteiger partial charge in [-0.2, -0.15) is 0 Å². The van der Waals surface area contributed by atoms with Crippen molar-refractivity contribution in [2.45, 2.75) is 37.5 Å². The Morgan fingerprint density at radius 3 is 2.39 bits per heavy atom. The van der Waals surface area contributed by atoms with Crippen molar-refractivity contribution in [2.24, 2.45) is 0 Å². The minimum Gasteiger partial charge on any atom is -0.462 e. The second kappa shape index (κ2) is 9.76. The highest BCUT2D eigenvalue weighted by atomic mass is 32.2. The molecule has 2 N–H and O–H groups in total. The highest BCUT2D eigenvalue weighted by Crippen LogP contribution is 2.38. The largest absolute Gasteiger partial charge is 0.462 e. The first kappa shape index (κ1) is 23.0. The van der Waals surface area contributed by atoms with Crippen LogP contribution in [0.2, 0.25) is 0 Å². The molecule has 1 aliphatic rings. The maximum absolute atomic E-state index is 12.9. The van der Waals surface area contributed by atoms with Crippen LogP contribution in [0.15, 0.2) is 59.5 Å². The summed E-state index contributed by atoms with van der Waals surface area (Å²) in [5, 5.41) is 3.36. The van der Waals surface area contributed by atoms with Crippen LogP contribution in [-0.2, 0) is 27.6 Å². The molecule has 0 radical (unpaired) electrons. The Bertz CT molecular complexity index is 1270. The monoisotopic (exact) mass is 484 g/mol. The van der Waals surface area contributed by atoms with Gasteiger partial charge < -0.3 is 10.1 Å². The normalized spacial score (nSPS) is 13.1. The van der Waals surface area contributed by atoms with Crippen LogP contribution in [0.3, 0.4) is 0 Å². The molecule has 3 aromatic rings. The van der Waals surface area contributed by atoms with E-state index in [4.69, 9.17) is 4.74 Å². The van der Waals surface area contributed by atoms with Gasteiger partial charge in [-0.15, -0.1) is 11.3 Å². The van der Waals surface area contributed by atoms with Crippen molar-refractivity contribution < 1.29 is 22.7 Å². The maximum Gasteiger partial charge on any atom is 0.341 e. The zero-order chi connectivity index (χ0) is 23.4. The Hall–Kier alpha value is -3.17. The zero-order valence-electron chi connectivity index (χ0n) is 18.1. The lowest BCUT2D eigenvalue weighted by molar-refractivity contribution is 0.0526. The lowest BCUT2D eigenvalue weighted by Gasteiger charge is -2.12. The van der Waals surface area contributed by atoms with E-state index in [1.54, 1.807) is 25.1 Å². The molecule has 0 bridgehead atoms. The number of carbonyl (C=O) groups is 2. The number of anilines is 2. The Morgan fingerprint density at radius 2 is 1.70 bits per heavy atom. The molecular weight excluding hydrogens is 460 g/mol. The fraction of sp³-hybridized carbons (Fsp3) is 0.250. The van der Waals surface area contributed by atoms with Gasteiger partial charge in [-0.05, 0) is 74.6 Å². The summed E-state index contributed by atoms with van der Waals surface area (Å²) in [5.41, 5.74) is 2.12. The minimum absolute atomic E-state index is 0.153. The molecule has 1 heterocycles. The van der Waals surface area contributed by atoms with Crippen molar-refractivity contribution in [1.29, 1.82) is 0 Å². The first-order valence-corrected chi connectivity index (χ1v) is 13.0. The molecule has 0 saturated carbocycles. The number of ether oxygens (including phenoxy) is 1. The summed E-state index contributed by atoms with van der Waals surface area (Å²) in [6.45, 7) is 2.01. The second-order valence-corrected chi connectivity index (χ2v) is 10.4. The number of sulfonamides is 1. The Morgan fingerprint density at radius 1 is 1.00 bits per heavy atom. The average Bonchev–Trinajstić information content (AvgIpc) is 3.18. The van der Waals surface area contributed by atoms with Crippen molar-refractivity contribution in [2.75, 3.05) is 16.6 Å². The number of nitrogens with one attached hydrogen (secondary N) is 2. The second-order valence-electron chi connectivity index (χ2n) is 7.59. The van der Waals surface area contributed by atoms with Crippen molar-refractivity contribution >= 4 is 43.9 Å². The number of esters is 1. The van der Waals surface area contributed by atoms with Gasteiger partial charge in [0, 0.05) is 16.1 Å². The Balaban J connectivity index is 1.52. The number of aryl methyl sites for hydroxylation is 1. The van der Waals surface area contributed by atoms with Crippen LogP contribution in [0.25, 0.3) is 0 Å². The van der Waals surface area contributed by atoms with Crippen LogP contribution in [0.4, 0.5) is 10.7 Å². The molecular formula is C24H24N2O5S2. The first-order valence-electron chi connectivity index (χ1n) is 10.7. The summed E-state index contributed by atoms with van der Waals surface area (Å²) >= 11 is 1.42. The predicted octanol–water partition coefficient (Wildman–Crippen LogP) is 4.86. The first-order chi connectivity index (χ1) is 15.9. The number of carbonyl (C=O) groups excluding carboxylic acids is 2. The lowest BCUT2D eigenvalue weighted by Crippen LogP contribution is -2.16. The molecule has 0 spiro atoms. The third kappa shape index (κ3) is 5.09. The quantitative estimate of drug-likeness (QED) is 0.467. The predicted molar refractivity (Wildman–Crippen MR) is 129 cm³/mol. The summed E-state index contributed by atoms with van der Waals surface area (Å²) in [6, 6.07) is 14.2. The SMILES string of the molecule is CCOC(=O)c1c(NC(=O)c2ccc(NS(=O)(=O)c3ccccc3)cc2)sc2c1CCCC2. The average molecular weight is 485 g/mol. The van der Waals surface area contributed by atoms with Crippen molar-refractivity contribution in [3.05, 3.63) is 76.2 Å². The Kier molecular flexibility index (Phi) is 6.80. The third-order valence-electron chi connectivity index (χ3n) is 5.33. The number of amides is 1. The van der Waals surface area contributed by atoms with Crippen LogP contribution in [-0.4, -0.2) is 26.9 Å². The molecule has 0 unspecified atom stereocenters. The molecule has 7 nitrogen and oxygen atoms in total. The number of fused-ring (bicyclic) bond motifs is 1. The maximum atomic E-state index is 12.9. The van der Waals surface area contributed by atoms with Crippen LogP contribution in [0.1, 0.15) is 50.9 Å². The van der Waals surface area contributed by atoms with Gasteiger partial charge in [-0.3, -0.25) is 9.52 Å². The van der Waals surface area contributed by atoms with Gasteiger partial charge in [-0.25, -0.2) is 13.2 Å². The van der Waals surface area contributed by atoms with Gasteiger partial charge >= 0.3 is 5.97 Å². The fourth-order valence-electron chi connectivity index (χ4n) is 3.75. The van der Waals surface area contributed by atoms with E-state index in [0.717, 1.165) is 36.1 Å². The van der Waals surface area contributed by atoms with Crippen LogP contribution < -0.4 is 10.0 Å². The lowest BCUT2D eigenvalue weighted by atomic mass is 9.95. The highest BCUT2D eigenvalue weighted by Gasteiger charge is 2.27. The van der Waals surface area contributed by atoms with Gasteiger partial charge in [0.05, 0.1) is 17.1 Å². The van der Waals surface area contributed by atoms with E-state index in [0.29, 0.717) is 21.8 Å². The number of thiophene rings is 1. The summed E-state index contributed by atoms with van der Waals surface area (Å²) in [6.07, 6.45) is 3.75. The smallest absolute Gasteiger partial charge is 0.341 e.